The minimum absolute atomic E-state index is 0.531. The van der Waals surface area contributed by atoms with Crippen molar-refractivity contribution in [3.05, 3.63) is 30.4 Å². The van der Waals surface area contributed by atoms with Crippen LogP contribution in [0.25, 0.3) is 5.57 Å². The molecule has 4 heteroatoms. The highest BCUT2D eigenvalue weighted by Gasteiger charge is 2.04. The maximum absolute atomic E-state index is 4.84. The lowest BCUT2D eigenvalue weighted by molar-refractivity contribution is 0.391. The van der Waals surface area contributed by atoms with Crippen LogP contribution in [0.5, 0.6) is 0 Å². The first-order chi connectivity index (χ1) is 6.27. The van der Waals surface area contributed by atoms with Gasteiger partial charge in [0.05, 0.1) is 0 Å². The molecule has 0 bridgehead atoms. The minimum Gasteiger partial charge on any atom is -0.339 e. The summed E-state index contributed by atoms with van der Waals surface area (Å²) in [6.07, 6.45) is 5.09. The van der Waals surface area contributed by atoms with Crippen molar-refractivity contribution < 1.29 is 4.52 Å². The summed E-state index contributed by atoms with van der Waals surface area (Å²) in [7, 11) is 1.68. The number of aliphatic imine (C=N–C) groups is 1. The van der Waals surface area contributed by atoms with Crippen molar-refractivity contribution in [1.29, 1.82) is 0 Å². The van der Waals surface area contributed by atoms with E-state index < -0.39 is 0 Å². The Kier molecular flexibility index (Phi) is 3.14. The van der Waals surface area contributed by atoms with Gasteiger partial charge in [-0.25, -0.2) is 0 Å². The van der Waals surface area contributed by atoms with Crippen LogP contribution in [0.15, 0.2) is 28.2 Å². The highest BCUT2D eigenvalue weighted by atomic mass is 16.5. The second kappa shape index (κ2) is 4.35. The Morgan fingerprint density at radius 2 is 2.38 bits per heavy atom. The average Bonchev–Trinajstić information content (AvgIpc) is 2.51. The third-order valence-corrected chi connectivity index (χ3v) is 1.35. The van der Waals surface area contributed by atoms with Gasteiger partial charge in [-0.2, -0.15) is 4.98 Å². The van der Waals surface area contributed by atoms with Crippen LogP contribution in [0.1, 0.15) is 11.7 Å². The predicted octanol–water partition coefficient (Wildman–Crippen LogP) is 1.65. The third-order valence-electron chi connectivity index (χ3n) is 1.35. The van der Waals surface area contributed by atoms with Crippen molar-refractivity contribution in [3.8, 4) is 0 Å². The van der Waals surface area contributed by atoms with Crippen molar-refractivity contribution in [2.45, 2.75) is 6.92 Å². The van der Waals surface area contributed by atoms with Crippen molar-refractivity contribution in [1.82, 2.24) is 10.1 Å². The fourth-order valence-corrected chi connectivity index (χ4v) is 0.858. The lowest BCUT2D eigenvalue weighted by Gasteiger charge is -1.89. The van der Waals surface area contributed by atoms with Crippen molar-refractivity contribution in [2.75, 3.05) is 7.05 Å². The predicted molar refractivity (Wildman–Crippen MR) is 51.6 cm³/mol. The van der Waals surface area contributed by atoms with Gasteiger partial charge >= 0.3 is 0 Å². The average molecular weight is 177 g/mol. The van der Waals surface area contributed by atoms with Gasteiger partial charge in [0.1, 0.15) is 0 Å². The van der Waals surface area contributed by atoms with E-state index in [1.54, 1.807) is 32.3 Å². The molecule has 0 aliphatic carbocycles. The molecule has 13 heavy (non-hydrogen) atoms. The van der Waals surface area contributed by atoms with E-state index in [1.807, 2.05) is 0 Å². The first-order valence-corrected chi connectivity index (χ1v) is 3.83. The number of aryl methyl sites for hydroxylation is 1. The molecule has 0 aliphatic rings. The minimum atomic E-state index is 0.531. The lowest BCUT2D eigenvalue weighted by Crippen LogP contribution is -1.88. The van der Waals surface area contributed by atoms with Crippen LogP contribution < -0.4 is 0 Å². The molecule has 0 saturated heterocycles. The second-order valence-corrected chi connectivity index (χ2v) is 2.38. The Morgan fingerprint density at radius 3 is 2.85 bits per heavy atom. The van der Waals surface area contributed by atoms with Gasteiger partial charge in [-0.15, -0.1) is 0 Å². The molecular formula is C9H11N3O. The number of nitrogens with zero attached hydrogens (tertiary/aromatic N) is 3. The summed E-state index contributed by atoms with van der Waals surface area (Å²) in [5.41, 5.74) is 0.786. The van der Waals surface area contributed by atoms with Gasteiger partial charge in [-0.1, -0.05) is 23.9 Å². The van der Waals surface area contributed by atoms with Crippen molar-refractivity contribution in [3.63, 3.8) is 0 Å². The molecule has 0 saturated carbocycles. The molecule has 0 N–H and O–H groups in total. The lowest BCUT2D eigenvalue weighted by atomic mass is 10.2. The second-order valence-electron chi connectivity index (χ2n) is 2.38. The summed E-state index contributed by atoms with van der Waals surface area (Å²) in [6.45, 7) is 5.33. The van der Waals surface area contributed by atoms with Crippen molar-refractivity contribution >= 4 is 11.8 Å². The molecule has 0 aromatic carbocycles. The molecule has 1 aromatic rings. The van der Waals surface area contributed by atoms with E-state index in [-0.39, 0.29) is 0 Å². The maximum Gasteiger partial charge on any atom is 0.223 e. The molecule has 68 valence electrons. The fourth-order valence-electron chi connectivity index (χ4n) is 0.858. The zero-order valence-electron chi connectivity index (χ0n) is 7.69. The standard InChI is InChI=1S/C9H11N3O/c1-4-5-8(6-10-3)9-11-7(2)13-12-9/h4-6H,1H2,2-3H3/b8-5+,10-6?. The summed E-state index contributed by atoms with van der Waals surface area (Å²) in [5.74, 6) is 1.07. The van der Waals surface area contributed by atoms with Gasteiger partial charge < -0.3 is 4.52 Å². The van der Waals surface area contributed by atoms with Crippen LogP contribution in [0, 0.1) is 6.92 Å². The van der Waals surface area contributed by atoms with Crippen LogP contribution in [0.3, 0.4) is 0 Å². The molecule has 1 heterocycles. The Morgan fingerprint density at radius 1 is 1.62 bits per heavy atom. The van der Waals surface area contributed by atoms with Gasteiger partial charge in [-0.05, 0) is 0 Å². The molecule has 0 amide bonds. The van der Waals surface area contributed by atoms with Crippen LogP contribution in [-0.2, 0) is 0 Å². The van der Waals surface area contributed by atoms with E-state index >= 15 is 0 Å². The Labute approximate surface area is 76.7 Å². The van der Waals surface area contributed by atoms with Gasteiger partial charge in [-0.3, -0.25) is 4.99 Å². The first kappa shape index (κ1) is 9.38. The van der Waals surface area contributed by atoms with Crippen molar-refractivity contribution in [2.24, 2.45) is 4.99 Å². The molecule has 0 atom stereocenters. The van der Waals surface area contributed by atoms with E-state index in [9.17, 15) is 0 Å². The van der Waals surface area contributed by atoms with Gasteiger partial charge in [0.25, 0.3) is 0 Å². The van der Waals surface area contributed by atoms with Gasteiger partial charge in [0, 0.05) is 25.8 Å². The Balaban J connectivity index is 3.01. The zero-order chi connectivity index (χ0) is 9.68. The highest BCUT2D eigenvalue weighted by molar-refractivity contribution is 6.08. The molecule has 1 rings (SSSR count). The van der Waals surface area contributed by atoms with E-state index in [0.29, 0.717) is 11.7 Å². The molecule has 0 radical (unpaired) electrons. The van der Waals surface area contributed by atoms with Crippen LogP contribution in [0.4, 0.5) is 0 Å². The van der Waals surface area contributed by atoms with E-state index in [1.165, 1.54) is 0 Å². The number of hydrogen-bond donors (Lipinski definition) is 0. The van der Waals surface area contributed by atoms with Crippen LogP contribution in [-0.4, -0.2) is 23.4 Å². The summed E-state index contributed by atoms with van der Waals surface area (Å²) in [4.78, 5) is 7.94. The summed E-state index contributed by atoms with van der Waals surface area (Å²) >= 11 is 0. The fraction of sp³-hybridized carbons (Fsp3) is 0.222. The first-order valence-electron chi connectivity index (χ1n) is 3.83. The van der Waals surface area contributed by atoms with E-state index in [0.717, 1.165) is 5.57 Å². The molecule has 0 fully saturated rings. The monoisotopic (exact) mass is 177 g/mol. The Bertz CT molecular complexity index is 349. The molecule has 1 aromatic heterocycles. The Hall–Kier alpha value is -1.71. The van der Waals surface area contributed by atoms with Crippen LogP contribution >= 0.6 is 0 Å². The smallest absolute Gasteiger partial charge is 0.223 e. The van der Waals surface area contributed by atoms with E-state index in [4.69, 9.17) is 4.52 Å². The normalized spacial score (nSPS) is 12.3. The number of allylic oxidation sites excluding steroid dienone is 3. The van der Waals surface area contributed by atoms with Gasteiger partial charge in [0.2, 0.25) is 11.7 Å². The molecular weight excluding hydrogens is 166 g/mol. The summed E-state index contributed by atoms with van der Waals surface area (Å²) in [6, 6.07) is 0. The SMILES string of the molecule is C=C/C=C(\C=NC)c1noc(C)n1. The molecule has 0 unspecified atom stereocenters. The molecule has 4 nitrogen and oxygen atoms in total. The quantitative estimate of drug-likeness (QED) is 0.521. The summed E-state index contributed by atoms with van der Waals surface area (Å²) < 4.78 is 4.84. The maximum atomic E-state index is 4.84. The summed E-state index contributed by atoms with van der Waals surface area (Å²) in [5, 5.41) is 3.76. The molecule has 0 spiro atoms. The zero-order valence-corrected chi connectivity index (χ0v) is 7.69. The highest BCUT2D eigenvalue weighted by Crippen LogP contribution is 2.07. The van der Waals surface area contributed by atoms with Gasteiger partial charge in [0.15, 0.2) is 0 Å². The topological polar surface area (TPSA) is 51.3 Å². The largest absolute Gasteiger partial charge is 0.339 e. The van der Waals surface area contributed by atoms with Crippen LogP contribution in [0.2, 0.25) is 0 Å². The third kappa shape index (κ3) is 2.37. The number of aromatic nitrogens is 2. The number of hydrogen-bond acceptors (Lipinski definition) is 4. The number of rotatable bonds is 3. The van der Waals surface area contributed by atoms with E-state index in [2.05, 4.69) is 21.7 Å². The molecule has 0 aliphatic heterocycles.